The number of benzene rings is 2. The smallest absolute Gasteiger partial charge is 0.124 e. The Balaban J connectivity index is 1.82. The first-order chi connectivity index (χ1) is 10.3. The number of pyridine rings is 1. The molecule has 0 unspecified atom stereocenters. The SMILES string of the molecule is N#Cc1cc(F)ccc1NCc1ccc2cnccc2c1. The maximum Gasteiger partial charge on any atom is 0.124 e. The summed E-state index contributed by atoms with van der Waals surface area (Å²) >= 11 is 0. The van der Waals surface area contributed by atoms with Gasteiger partial charge >= 0.3 is 0 Å². The summed E-state index contributed by atoms with van der Waals surface area (Å²) in [6.07, 6.45) is 3.58. The minimum Gasteiger partial charge on any atom is -0.380 e. The Morgan fingerprint density at radius 3 is 2.86 bits per heavy atom. The van der Waals surface area contributed by atoms with Crippen LogP contribution in [-0.2, 0) is 6.54 Å². The van der Waals surface area contributed by atoms with Crippen LogP contribution in [0.3, 0.4) is 0 Å². The van der Waals surface area contributed by atoms with Crippen molar-refractivity contribution in [2.24, 2.45) is 0 Å². The largest absolute Gasteiger partial charge is 0.380 e. The average molecular weight is 277 g/mol. The second kappa shape index (κ2) is 5.59. The van der Waals surface area contributed by atoms with Crippen molar-refractivity contribution >= 4 is 16.5 Å². The van der Waals surface area contributed by atoms with E-state index in [1.165, 1.54) is 12.1 Å². The van der Waals surface area contributed by atoms with Crippen LogP contribution >= 0.6 is 0 Å². The number of fused-ring (bicyclic) bond motifs is 1. The van der Waals surface area contributed by atoms with Gasteiger partial charge in [0, 0.05) is 24.3 Å². The maximum absolute atomic E-state index is 13.1. The zero-order chi connectivity index (χ0) is 14.7. The lowest BCUT2D eigenvalue weighted by atomic mass is 10.1. The first-order valence-corrected chi connectivity index (χ1v) is 6.52. The van der Waals surface area contributed by atoms with Crippen molar-refractivity contribution in [3.63, 3.8) is 0 Å². The van der Waals surface area contributed by atoms with Gasteiger partial charge in [0.15, 0.2) is 0 Å². The van der Waals surface area contributed by atoms with Crippen LogP contribution in [0.5, 0.6) is 0 Å². The monoisotopic (exact) mass is 277 g/mol. The molecule has 2 aromatic carbocycles. The molecule has 3 aromatic rings. The van der Waals surface area contributed by atoms with Crippen molar-refractivity contribution in [3.8, 4) is 6.07 Å². The maximum atomic E-state index is 13.1. The molecule has 0 fully saturated rings. The van der Waals surface area contributed by atoms with Crippen LogP contribution < -0.4 is 5.32 Å². The second-order valence-electron chi connectivity index (χ2n) is 4.71. The van der Waals surface area contributed by atoms with E-state index in [1.54, 1.807) is 12.3 Å². The van der Waals surface area contributed by atoms with Gasteiger partial charge in [-0.3, -0.25) is 4.98 Å². The van der Waals surface area contributed by atoms with E-state index in [0.717, 1.165) is 16.3 Å². The summed E-state index contributed by atoms with van der Waals surface area (Å²) in [5.41, 5.74) is 2.02. The number of halogens is 1. The van der Waals surface area contributed by atoms with E-state index >= 15 is 0 Å². The summed E-state index contributed by atoms with van der Waals surface area (Å²) in [7, 11) is 0. The number of aromatic nitrogens is 1. The van der Waals surface area contributed by atoms with E-state index in [9.17, 15) is 4.39 Å². The fraction of sp³-hybridized carbons (Fsp3) is 0.0588. The molecule has 0 atom stereocenters. The van der Waals surface area contributed by atoms with Crippen LogP contribution in [0.4, 0.5) is 10.1 Å². The van der Waals surface area contributed by atoms with E-state index in [2.05, 4.69) is 16.4 Å². The number of nitrogens with one attached hydrogen (secondary N) is 1. The first kappa shape index (κ1) is 13.1. The Morgan fingerprint density at radius 2 is 2.00 bits per heavy atom. The summed E-state index contributed by atoms with van der Waals surface area (Å²) in [6.45, 7) is 0.568. The number of nitrogens with zero attached hydrogens (tertiary/aromatic N) is 2. The third-order valence-electron chi connectivity index (χ3n) is 3.29. The van der Waals surface area contributed by atoms with Crippen molar-refractivity contribution in [1.29, 1.82) is 5.26 Å². The summed E-state index contributed by atoms with van der Waals surface area (Å²) in [5, 5.41) is 14.4. The standard InChI is InChI=1S/C17H12FN3/c18-16-3-4-17(15(8-16)9-19)21-10-12-1-2-14-11-20-6-5-13(14)7-12/h1-8,11,21H,10H2. The van der Waals surface area contributed by atoms with Gasteiger partial charge in [-0.05, 0) is 41.3 Å². The number of nitriles is 1. The molecule has 1 N–H and O–H groups in total. The van der Waals surface area contributed by atoms with Gasteiger partial charge in [0.05, 0.1) is 11.3 Å². The Hall–Kier alpha value is -2.93. The molecule has 0 aliphatic carbocycles. The number of anilines is 1. The molecule has 0 saturated carbocycles. The predicted molar refractivity (Wildman–Crippen MR) is 80.2 cm³/mol. The Morgan fingerprint density at radius 1 is 1.10 bits per heavy atom. The van der Waals surface area contributed by atoms with Crippen LogP contribution in [-0.4, -0.2) is 4.98 Å². The first-order valence-electron chi connectivity index (χ1n) is 6.52. The molecule has 0 saturated heterocycles. The molecule has 0 radical (unpaired) electrons. The van der Waals surface area contributed by atoms with E-state index in [4.69, 9.17) is 5.26 Å². The van der Waals surface area contributed by atoms with Gasteiger partial charge in [-0.25, -0.2) is 4.39 Å². The van der Waals surface area contributed by atoms with Crippen LogP contribution in [0.2, 0.25) is 0 Å². The molecule has 0 bridgehead atoms. The third kappa shape index (κ3) is 2.82. The molecule has 0 aliphatic rings. The van der Waals surface area contributed by atoms with E-state index < -0.39 is 5.82 Å². The fourth-order valence-corrected chi connectivity index (χ4v) is 2.20. The second-order valence-corrected chi connectivity index (χ2v) is 4.71. The molecule has 1 heterocycles. The van der Waals surface area contributed by atoms with Gasteiger partial charge in [0.2, 0.25) is 0 Å². The summed E-state index contributed by atoms with van der Waals surface area (Å²) in [6, 6.07) is 14.2. The molecule has 0 spiro atoms. The minimum absolute atomic E-state index is 0.306. The van der Waals surface area contributed by atoms with Crippen molar-refractivity contribution in [2.75, 3.05) is 5.32 Å². The van der Waals surface area contributed by atoms with Gasteiger partial charge in [-0.15, -0.1) is 0 Å². The van der Waals surface area contributed by atoms with Crippen LogP contribution in [0.25, 0.3) is 10.8 Å². The Kier molecular flexibility index (Phi) is 3.48. The van der Waals surface area contributed by atoms with E-state index in [-0.39, 0.29) is 0 Å². The average Bonchev–Trinajstić information content (AvgIpc) is 2.53. The Bertz CT molecular complexity index is 837. The summed E-state index contributed by atoms with van der Waals surface area (Å²) < 4.78 is 13.1. The van der Waals surface area contributed by atoms with Crippen molar-refractivity contribution in [2.45, 2.75) is 6.54 Å². The summed E-state index contributed by atoms with van der Waals surface area (Å²) in [5.74, 6) is -0.407. The molecule has 1 aromatic heterocycles. The molecule has 3 nitrogen and oxygen atoms in total. The summed E-state index contributed by atoms with van der Waals surface area (Å²) in [4.78, 5) is 4.08. The van der Waals surface area contributed by atoms with Crippen molar-refractivity contribution in [1.82, 2.24) is 4.98 Å². The number of hydrogen-bond acceptors (Lipinski definition) is 3. The van der Waals surface area contributed by atoms with Gasteiger partial charge in [0.25, 0.3) is 0 Å². The predicted octanol–water partition coefficient (Wildman–Crippen LogP) is 3.86. The number of rotatable bonds is 3. The van der Waals surface area contributed by atoms with Gasteiger partial charge in [0.1, 0.15) is 11.9 Å². The molecule has 3 rings (SSSR count). The molecule has 0 aliphatic heterocycles. The molecule has 102 valence electrons. The van der Waals surface area contributed by atoms with Gasteiger partial charge in [-0.1, -0.05) is 12.1 Å². The molecular formula is C17H12FN3. The topological polar surface area (TPSA) is 48.7 Å². The van der Waals surface area contributed by atoms with Crippen LogP contribution in [0, 0.1) is 17.1 Å². The minimum atomic E-state index is -0.407. The lowest BCUT2D eigenvalue weighted by Gasteiger charge is -2.09. The van der Waals surface area contributed by atoms with Gasteiger partial charge in [-0.2, -0.15) is 5.26 Å². The van der Waals surface area contributed by atoms with Crippen molar-refractivity contribution in [3.05, 3.63) is 71.8 Å². The zero-order valence-electron chi connectivity index (χ0n) is 11.2. The van der Waals surface area contributed by atoms with Gasteiger partial charge < -0.3 is 5.32 Å². The highest BCUT2D eigenvalue weighted by molar-refractivity contribution is 5.82. The van der Waals surface area contributed by atoms with Crippen molar-refractivity contribution < 1.29 is 4.39 Å². The highest BCUT2D eigenvalue weighted by Crippen LogP contribution is 2.19. The Labute approximate surface area is 121 Å². The zero-order valence-corrected chi connectivity index (χ0v) is 11.2. The molecule has 21 heavy (non-hydrogen) atoms. The number of hydrogen-bond donors (Lipinski definition) is 1. The molecule has 4 heteroatoms. The molecule has 0 amide bonds. The lowest BCUT2D eigenvalue weighted by molar-refractivity contribution is 0.627. The fourth-order valence-electron chi connectivity index (χ4n) is 2.20. The van der Waals surface area contributed by atoms with Crippen LogP contribution in [0.15, 0.2) is 54.9 Å². The lowest BCUT2D eigenvalue weighted by Crippen LogP contribution is -2.01. The molecular weight excluding hydrogens is 265 g/mol. The van der Waals surface area contributed by atoms with E-state index in [1.807, 2.05) is 30.5 Å². The highest BCUT2D eigenvalue weighted by Gasteiger charge is 2.04. The normalized spacial score (nSPS) is 10.3. The van der Waals surface area contributed by atoms with E-state index in [0.29, 0.717) is 17.8 Å². The quantitative estimate of drug-likeness (QED) is 0.791. The van der Waals surface area contributed by atoms with Crippen LogP contribution in [0.1, 0.15) is 11.1 Å². The third-order valence-corrected chi connectivity index (χ3v) is 3.29. The highest BCUT2D eigenvalue weighted by atomic mass is 19.1.